The lowest BCUT2D eigenvalue weighted by Crippen LogP contribution is -2.32. The smallest absolute Gasteiger partial charge is 0.0897 e. The van der Waals surface area contributed by atoms with E-state index in [0.717, 1.165) is 32.4 Å². The molecule has 6 nitrogen and oxygen atoms in total. The molecule has 6 heteroatoms. The molecule has 2 rings (SSSR count). The summed E-state index contributed by atoms with van der Waals surface area (Å²) in [6, 6.07) is 0. The first-order chi connectivity index (χ1) is 9.74. The van der Waals surface area contributed by atoms with Gasteiger partial charge < -0.3 is 19.9 Å². The van der Waals surface area contributed by atoms with Crippen LogP contribution in [0.1, 0.15) is 18.4 Å². The molecule has 1 aliphatic rings. The largest absolute Gasteiger partial charge is 0.389 e. The summed E-state index contributed by atoms with van der Waals surface area (Å²) >= 11 is 0. The van der Waals surface area contributed by atoms with Crippen LogP contribution in [0.4, 0.5) is 0 Å². The Morgan fingerprint density at radius 2 is 2.55 bits per heavy atom. The lowest BCUT2D eigenvalue weighted by Gasteiger charge is -2.14. The van der Waals surface area contributed by atoms with Crippen molar-refractivity contribution < 1.29 is 14.6 Å². The van der Waals surface area contributed by atoms with Crippen molar-refractivity contribution in [3.63, 3.8) is 0 Å². The molecule has 0 spiro atoms. The van der Waals surface area contributed by atoms with Gasteiger partial charge >= 0.3 is 0 Å². The zero-order valence-electron chi connectivity index (χ0n) is 12.1. The predicted molar refractivity (Wildman–Crippen MR) is 75.6 cm³/mol. The van der Waals surface area contributed by atoms with Gasteiger partial charge in [0.1, 0.15) is 0 Å². The maximum atomic E-state index is 9.78. The molecule has 2 heterocycles. The Kier molecular flexibility index (Phi) is 6.46. The molecule has 114 valence electrons. The monoisotopic (exact) mass is 283 g/mol. The summed E-state index contributed by atoms with van der Waals surface area (Å²) in [6.07, 6.45) is 6.72. The number of aryl methyl sites for hydroxylation is 1. The van der Waals surface area contributed by atoms with E-state index in [1.54, 1.807) is 4.68 Å². The summed E-state index contributed by atoms with van der Waals surface area (Å²) in [5, 5.41) is 17.1. The molecule has 0 amide bonds. The maximum absolute atomic E-state index is 9.78. The molecule has 0 radical (unpaired) electrons. The third-order valence-electron chi connectivity index (χ3n) is 3.37. The normalized spacial score (nSPS) is 20.4. The molecule has 20 heavy (non-hydrogen) atoms. The number of hydrogen-bond acceptors (Lipinski definition) is 5. The zero-order chi connectivity index (χ0) is 14.2. The van der Waals surface area contributed by atoms with Crippen LogP contribution in [-0.2, 0) is 22.9 Å². The van der Waals surface area contributed by atoms with Crippen molar-refractivity contribution in [2.75, 3.05) is 32.9 Å². The van der Waals surface area contributed by atoms with Crippen molar-refractivity contribution in [1.82, 2.24) is 15.1 Å². The highest BCUT2D eigenvalue weighted by Crippen LogP contribution is 2.11. The highest BCUT2D eigenvalue weighted by Gasteiger charge is 2.15. The average Bonchev–Trinajstić information content (AvgIpc) is 3.06. The van der Waals surface area contributed by atoms with E-state index < -0.39 is 6.10 Å². The van der Waals surface area contributed by atoms with Gasteiger partial charge in [-0.3, -0.25) is 4.68 Å². The first kappa shape index (κ1) is 15.4. The van der Waals surface area contributed by atoms with E-state index in [1.165, 1.54) is 5.56 Å². The number of rotatable bonds is 9. The third-order valence-corrected chi connectivity index (χ3v) is 3.37. The second-order valence-electron chi connectivity index (χ2n) is 5.30. The average molecular weight is 283 g/mol. The highest BCUT2D eigenvalue weighted by molar-refractivity contribution is 5.03. The molecule has 2 atom stereocenters. The number of hydrogen-bond donors (Lipinski definition) is 2. The van der Waals surface area contributed by atoms with Gasteiger partial charge in [0.15, 0.2) is 0 Å². The summed E-state index contributed by atoms with van der Waals surface area (Å²) in [4.78, 5) is 0. The van der Waals surface area contributed by atoms with Crippen molar-refractivity contribution in [3.8, 4) is 0 Å². The summed E-state index contributed by atoms with van der Waals surface area (Å²) < 4.78 is 12.7. The highest BCUT2D eigenvalue weighted by atomic mass is 16.5. The van der Waals surface area contributed by atoms with Crippen LogP contribution in [0, 0.1) is 0 Å². The Morgan fingerprint density at radius 3 is 3.25 bits per heavy atom. The van der Waals surface area contributed by atoms with Crippen LogP contribution >= 0.6 is 0 Å². The minimum Gasteiger partial charge on any atom is -0.389 e. The van der Waals surface area contributed by atoms with Crippen molar-refractivity contribution >= 4 is 0 Å². The zero-order valence-corrected chi connectivity index (χ0v) is 12.1. The van der Waals surface area contributed by atoms with E-state index in [0.29, 0.717) is 19.8 Å². The molecule has 2 unspecified atom stereocenters. The Bertz CT molecular complexity index is 377. The fourth-order valence-electron chi connectivity index (χ4n) is 2.27. The van der Waals surface area contributed by atoms with Gasteiger partial charge in [0.2, 0.25) is 0 Å². The van der Waals surface area contributed by atoms with E-state index in [1.807, 2.05) is 19.4 Å². The van der Waals surface area contributed by atoms with Gasteiger partial charge in [-0.05, 0) is 31.4 Å². The molecular weight excluding hydrogens is 258 g/mol. The van der Waals surface area contributed by atoms with Gasteiger partial charge in [0.05, 0.1) is 31.6 Å². The second kappa shape index (κ2) is 8.36. The van der Waals surface area contributed by atoms with E-state index in [9.17, 15) is 5.11 Å². The SMILES string of the molecule is Cn1cc(CCNCC(O)COCC2CCCO2)cn1. The molecule has 1 saturated heterocycles. The molecule has 0 bridgehead atoms. The van der Waals surface area contributed by atoms with E-state index in [2.05, 4.69) is 10.4 Å². The fraction of sp³-hybridized carbons (Fsp3) is 0.786. The van der Waals surface area contributed by atoms with E-state index >= 15 is 0 Å². The molecule has 2 N–H and O–H groups in total. The summed E-state index contributed by atoms with van der Waals surface area (Å²) in [6.45, 7) is 3.17. The predicted octanol–water partition coefficient (Wildman–Crippen LogP) is 0.109. The van der Waals surface area contributed by atoms with Crippen LogP contribution < -0.4 is 5.32 Å². The first-order valence-electron chi connectivity index (χ1n) is 7.29. The third kappa shape index (κ3) is 5.58. The van der Waals surface area contributed by atoms with Gasteiger partial charge in [0, 0.05) is 26.4 Å². The Balaban J connectivity index is 1.46. The fourth-order valence-corrected chi connectivity index (χ4v) is 2.27. The van der Waals surface area contributed by atoms with Crippen LogP contribution in [0.25, 0.3) is 0 Å². The molecule has 0 saturated carbocycles. The Hall–Kier alpha value is -0.950. The number of aromatic nitrogens is 2. The minimum atomic E-state index is -0.467. The number of nitrogens with zero attached hydrogens (tertiary/aromatic N) is 2. The topological polar surface area (TPSA) is 68.5 Å². The van der Waals surface area contributed by atoms with Crippen LogP contribution in [-0.4, -0.2) is 60.0 Å². The first-order valence-corrected chi connectivity index (χ1v) is 7.29. The number of aliphatic hydroxyl groups is 1. The van der Waals surface area contributed by atoms with Gasteiger partial charge in [-0.25, -0.2) is 0 Å². The standard InChI is InChI=1S/C14H25N3O3/c1-17-9-12(7-16-17)4-5-15-8-13(18)10-19-11-14-3-2-6-20-14/h7,9,13-15,18H,2-6,8,10-11H2,1H3. The quantitative estimate of drug-likeness (QED) is 0.630. The molecular formula is C14H25N3O3. The van der Waals surface area contributed by atoms with Crippen LogP contribution in [0.15, 0.2) is 12.4 Å². The summed E-state index contributed by atoms with van der Waals surface area (Å²) in [5.74, 6) is 0. The molecule has 1 aromatic rings. The van der Waals surface area contributed by atoms with E-state index in [4.69, 9.17) is 9.47 Å². The van der Waals surface area contributed by atoms with Gasteiger partial charge in [-0.2, -0.15) is 5.10 Å². The van der Waals surface area contributed by atoms with Crippen molar-refractivity contribution in [3.05, 3.63) is 18.0 Å². The van der Waals surface area contributed by atoms with Crippen LogP contribution in [0.5, 0.6) is 0 Å². The van der Waals surface area contributed by atoms with Crippen molar-refractivity contribution in [2.24, 2.45) is 7.05 Å². The molecule has 1 fully saturated rings. The Labute approximate surface area is 120 Å². The lowest BCUT2D eigenvalue weighted by molar-refractivity contribution is -0.0163. The lowest BCUT2D eigenvalue weighted by atomic mass is 10.2. The Morgan fingerprint density at radius 1 is 1.65 bits per heavy atom. The minimum absolute atomic E-state index is 0.223. The van der Waals surface area contributed by atoms with Crippen molar-refractivity contribution in [2.45, 2.75) is 31.5 Å². The summed E-state index contributed by atoms with van der Waals surface area (Å²) in [5.41, 5.74) is 1.20. The van der Waals surface area contributed by atoms with Gasteiger partial charge in [-0.1, -0.05) is 0 Å². The molecule has 0 aliphatic carbocycles. The van der Waals surface area contributed by atoms with E-state index in [-0.39, 0.29) is 6.10 Å². The number of nitrogens with one attached hydrogen (secondary N) is 1. The number of ether oxygens (including phenoxy) is 2. The van der Waals surface area contributed by atoms with Crippen LogP contribution in [0.3, 0.4) is 0 Å². The molecule has 1 aromatic heterocycles. The molecule has 0 aromatic carbocycles. The molecule has 1 aliphatic heterocycles. The number of aliphatic hydroxyl groups excluding tert-OH is 1. The maximum Gasteiger partial charge on any atom is 0.0897 e. The van der Waals surface area contributed by atoms with Gasteiger partial charge in [0.25, 0.3) is 0 Å². The summed E-state index contributed by atoms with van der Waals surface area (Å²) in [7, 11) is 1.91. The second-order valence-corrected chi connectivity index (χ2v) is 5.30. The van der Waals surface area contributed by atoms with Crippen LogP contribution in [0.2, 0.25) is 0 Å². The van der Waals surface area contributed by atoms with Gasteiger partial charge in [-0.15, -0.1) is 0 Å². The van der Waals surface area contributed by atoms with Crippen molar-refractivity contribution in [1.29, 1.82) is 0 Å².